The number of hydrogen-bond donors (Lipinski definition) is 0. The number of halogens is 2. The molecular weight excluding hydrogens is 450 g/mol. The van der Waals surface area contributed by atoms with Gasteiger partial charge < -0.3 is 24.8 Å². The van der Waals surface area contributed by atoms with E-state index in [0.717, 1.165) is 3.63 Å². The summed E-state index contributed by atoms with van der Waals surface area (Å²) < 4.78 is 0.911. The third-order valence-electron chi connectivity index (χ3n) is 5.70. The second-order valence-electron chi connectivity index (χ2n) is 7.39. The van der Waals surface area contributed by atoms with E-state index >= 15 is 0 Å². The summed E-state index contributed by atoms with van der Waals surface area (Å²) in [5.74, 6) is 1.31. The quantitative estimate of drug-likeness (QED) is 0.559. The fourth-order valence-corrected chi connectivity index (χ4v) is 5.17. The van der Waals surface area contributed by atoms with Crippen molar-refractivity contribution in [3.63, 3.8) is 0 Å². The molecule has 0 bridgehead atoms. The van der Waals surface area contributed by atoms with Crippen molar-refractivity contribution < 1.29 is 49.5 Å². The molecule has 27 heavy (non-hydrogen) atoms. The molecule has 4 rings (SSSR count). The van der Waals surface area contributed by atoms with Gasteiger partial charge in [0.25, 0.3) is 0 Å². The van der Waals surface area contributed by atoms with Crippen LogP contribution in [0.3, 0.4) is 0 Å². The van der Waals surface area contributed by atoms with Gasteiger partial charge >= 0.3 is 167 Å². The molecule has 0 radical (unpaired) electrons. The van der Waals surface area contributed by atoms with Crippen LogP contribution in [0, 0.1) is 0 Å². The molecule has 0 fully saturated rings. The van der Waals surface area contributed by atoms with Crippen molar-refractivity contribution in [2.24, 2.45) is 0 Å². The first-order valence-corrected chi connectivity index (χ1v) is 11.0. The molecule has 0 amide bonds. The monoisotopic (exact) mass is 473 g/mol. The molecule has 2 aromatic carbocycles. The van der Waals surface area contributed by atoms with Crippen LogP contribution in [0.4, 0.5) is 0 Å². The van der Waals surface area contributed by atoms with Crippen LogP contribution in [0.1, 0.15) is 66.2 Å². The van der Waals surface area contributed by atoms with E-state index in [0.29, 0.717) is 11.8 Å². The predicted molar refractivity (Wildman–Crippen MR) is 103 cm³/mol. The van der Waals surface area contributed by atoms with Crippen LogP contribution in [-0.4, -0.2) is 0 Å². The fourth-order valence-electron chi connectivity index (χ4n) is 4.26. The Morgan fingerprint density at radius 2 is 1.22 bits per heavy atom. The van der Waals surface area contributed by atoms with Crippen LogP contribution in [0.5, 0.6) is 0 Å². The first-order valence-electron chi connectivity index (χ1n) is 9.56. The molecule has 3 atom stereocenters. The average Bonchev–Trinajstić information content (AvgIpc) is 3.24. The Labute approximate surface area is 191 Å². The van der Waals surface area contributed by atoms with Crippen molar-refractivity contribution in [1.29, 1.82) is 0 Å². The topological polar surface area (TPSA) is 0 Å². The Morgan fingerprint density at radius 1 is 0.704 bits per heavy atom. The summed E-state index contributed by atoms with van der Waals surface area (Å²) in [7, 11) is 0. The summed E-state index contributed by atoms with van der Waals surface area (Å²) in [5.41, 5.74) is 5.94. The van der Waals surface area contributed by atoms with Gasteiger partial charge in [-0.15, -0.1) is 0 Å². The van der Waals surface area contributed by atoms with Crippen LogP contribution in [0.2, 0.25) is 3.63 Å². The zero-order valence-corrected chi connectivity index (χ0v) is 19.4. The molecule has 0 aliphatic heterocycles. The molecule has 3 unspecified atom stereocenters. The number of rotatable bonds is 7. The van der Waals surface area contributed by atoms with Crippen molar-refractivity contribution in [3.05, 3.63) is 82.9 Å². The summed E-state index contributed by atoms with van der Waals surface area (Å²) in [6.07, 6.45) is 16.2. The van der Waals surface area contributed by atoms with Gasteiger partial charge in [-0.3, -0.25) is 0 Å². The third-order valence-corrected chi connectivity index (χ3v) is 7.12. The SMILES string of the molecule is [Cl-].[Cl-].[Zr+2][CH](CCCC1C=Cc2ccccc21)CCC1C=Cc2ccccc21. The first kappa shape index (κ1) is 22.7. The summed E-state index contributed by atoms with van der Waals surface area (Å²) in [6.45, 7) is 0. The minimum absolute atomic E-state index is 0. The van der Waals surface area contributed by atoms with Crippen molar-refractivity contribution in [1.82, 2.24) is 0 Å². The van der Waals surface area contributed by atoms with Gasteiger partial charge in [-0.1, -0.05) is 0 Å². The molecule has 0 saturated carbocycles. The summed E-state index contributed by atoms with van der Waals surface area (Å²) in [6, 6.07) is 17.8. The molecule has 0 saturated heterocycles. The number of fused-ring (bicyclic) bond motifs is 2. The van der Waals surface area contributed by atoms with Crippen molar-refractivity contribution in [2.75, 3.05) is 0 Å². The van der Waals surface area contributed by atoms with E-state index in [1.807, 2.05) is 0 Å². The van der Waals surface area contributed by atoms with Gasteiger partial charge in [0, 0.05) is 0 Å². The van der Waals surface area contributed by atoms with Crippen LogP contribution >= 0.6 is 0 Å². The second kappa shape index (κ2) is 10.8. The molecule has 0 aromatic heterocycles. The Kier molecular flexibility index (Phi) is 9.07. The second-order valence-corrected chi connectivity index (χ2v) is 9.40. The van der Waals surface area contributed by atoms with Gasteiger partial charge in [0.2, 0.25) is 0 Å². The van der Waals surface area contributed by atoms with Gasteiger partial charge in [-0.05, 0) is 0 Å². The fraction of sp³-hybridized carbons (Fsp3) is 0.333. The standard InChI is InChI=1S/C24H25.2ClH.Zr/c1(3-9-19-15-17-21-11-5-7-13-23(19)21)2-4-10-20-16-18-22-12-6-8-14-24(20)22;;;/h1,5-8,11-20H,2-4,9-10H2;2*1H;/q;;;+2/p-2. The molecule has 2 aliphatic rings. The number of hydrogen-bond acceptors (Lipinski definition) is 0. The number of benzene rings is 2. The molecule has 0 heterocycles. The molecule has 139 valence electrons. The van der Waals surface area contributed by atoms with Gasteiger partial charge in [0.1, 0.15) is 0 Å². The molecule has 0 nitrogen and oxygen atoms in total. The average molecular weight is 476 g/mol. The van der Waals surface area contributed by atoms with Gasteiger partial charge in [0.15, 0.2) is 0 Å². The molecule has 3 heteroatoms. The molecule has 2 aromatic rings. The first-order chi connectivity index (χ1) is 12.3. The van der Waals surface area contributed by atoms with E-state index in [1.54, 1.807) is 24.7 Å². The molecule has 0 N–H and O–H groups in total. The van der Waals surface area contributed by atoms with Gasteiger partial charge in [-0.25, -0.2) is 0 Å². The van der Waals surface area contributed by atoms with Crippen LogP contribution in [-0.2, 0) is 24.7 Å². The van der Waals surface area contributed by atoms with E-state index in [2.05, 4.69) is 72.8 Å². The van der Waals surface area contributed by atoms with Gasteiger partial charge in [0.05, 0.1) is 0 Å². The Hall–Kier alpha value is -0.617. The van der Waals surface area contributed by atoms with E-state index in [4.69, 9.17) is 0 Å². The maximum absolute atomic E-state index is 2.41. The van der Waals surface area contributed by atoms with E-state index < -0.39 is 0 Å². The zero-order valence-electron chi connectivity index (χ0n) is 15.5. The Balaban J connectivity index is 0.00000131. The van der Waals surface area contributed by atoms with Gasteiger partial charge in [-0.2, -0.15) is 0 Å². The van der Waals surface area contributed by atoms with Crippen LogP contribution in [0.15, 0.2) is 60.7 Å². The van der Waals surface area contributed by atoms with Crippen molar-refractivity contribution in [3.8, 4) is 0 Å². The summed E-state index contributed by atoms with van der Waals surface area (Å²) in [5, 5.41) is 0. The Morgan fingerprint density at radius 3 is 1.81 bits per heavy atom. The zero-order chi connectivity index (χ0) is 17.1. The van der Waals surface area contributed by atoms with Crippen molar-refractivity contribution in [2.45, 2.75) is 47.6 Å². The Bertz CT molecular complexity index is 796. The third kappa shape index (κ3) is 5.47. The van der Waals surface area contributed by atoms with Crippen molar-refractivity contribution >= 4 is 12.2 Å². The maximum atomic E-state index is 2.41. The summed E-state index contributed by atoms with van der Waals surface area (Å²) >= 11 is 1.72. The van der Waals surface area contributed by atoms with E-state index in [-0.39, 0.29) is 24.8 Å². The predicted octanol–water partition coefficient (Wildman–Crippen LogP) is 0.901. The number of allylic oxidation sites excluding steroid dienone is 2. The van der Waals surface area contributed by atoms with Crippen LogP contribution in [0.25, 0.3) is 12.2 Å². The van der Waals surface area contributed by atoms with E-state index in [1.165, 1.54) is 54.4 Å². The molecule has 2 aliphatic carbocycles. The normalized spacial score (nSPS) is 19.8. The van der Waals surface area contributed by atoms with Crippen LogP contribution < -0.4 is 24.8 Å². The molecule has 0 spiro atoms. The minimum atomic E-state index is 0. The van der Waals surface area contributed by atoms with E-state index in [9.17, 15) is 0 Å². The summed E-state index contributed by atoms with van der Waals surface area (Å²) in [4.78, 5) is 0. The molecular formula is C24H25Cl2Zr.